The summed E-state index contributed by atoms with van der Waals surface area (Å²) in [6, 6.07) is 8.50. The third-order valence-corrected chi connectivity index (χ3v) is 8.91. The van der Waals surface area contributed by atoms with Crippen molar-refractivity contribution < 1.29 is 9.59 Å². The number of hydrogen-bond donors (Lipinski definition) is 2. The first-order valence-corrected chi connectivity index (χ1v) is 12.7. The minimum Gasteiger partial charge on any atom is -0.369 e. The summed E-state index contributed by atoms with van der Waals surface area (Å²) >= 11 is 6.40. The number of rotatable bonds is 10. The second-order valence-electron chi connectivity index (χ2n) is 6.66. The number of nitrogens with zero attached hydrogens (tertiary/aromatic N) is 2. The first kappa shape index (κ1) is 22.8. The molecule has 0 aliphatic carbocycles. The molecule has 30 heavy (non-hydrogen) atoms. The van der Waals surface area contributed by atoms with E-state index in [1.165, 1.54) is 33.8 Å². The number of hydrogen-bond acceptors (Lipinski definition) is 8. The molecule has 0 unspecified atom stereocenters. The average Bonchev–Trinajstić information content (AvgIpc) is 3.20. The zero-order chi connectivity index (χ0) is 21.7. The molecule has 0 saturated carbocycles. The first-order valence-electron chi connectivity index (χ1n) is 9.12. The lowest BCUT2D eigenvalue weighted by atomic mass is 10.2. The van der Waals surface area contributed by atoms with Crippen LogP contribution in [-0.4, -0.2) is 21.8 Å². The molecular formula is C20H22N4O2S4. The van der Waals surface area contributed by atoms with Crippen LogP contribution in [0, 0.1) is 13.8 Å². The molecule has 0 aliphatic rings. The molecule has 0 radical (unpaired) electrons. The third kappa shape index (κ3) is 6.56. The van der Waals surface area contributed by atoms with Crippen LogP contribution in [0.5, 0.6) is 0 Å². The molecule has 3 rings (SSSR count). The molecule has 3 aromatic rings. The highest BCUT2D eigenvalue weighted by Crippen LogP contribution is 2.32. The minimum atomic E-state index is -0.330. The van der Waals surface area contributed by atoms with Gasteiger partial charge in [-0.1, -0.05) is 47.8 Å². The van der Waals surface area contributed by atoms with Crippen LogP contribution in [0.2, 0.25) is 0 Å². The van der Waals surface area contributed by atoms with Crippen LogP contribution in [0.3, 0.4) is 0 Å². The summed E-state index contributed by atoms with van der Waals surface area (Å²) in [4.78, 5) is 33.2. The standard InChI is InChI=1S/C20H22N4O2S4/c1-11-15(7-17(21)25)29-19(23-11)27-9-13-3-5-14(6-4-13)10-28-20-24-12(2)16(30-20)8-18(22)26/h3-6H,7-10H2,1-2H3,(H2,21,25)(H2,22,26). The maximum Gasteiger partial charge on any atom is 0.222 e. The summed E-state index contributed by atoms with van der Waals surface area (Å²) < 4.78 is 1.91. The van der Waals surface area contributed by atoms with E-state index >= 15 is 0 Å². The van der Waals surface area contributed by atoms with Gasteiger partial charge in [-0.05, 0) is 25.0 Å². The molecule has 0 spiro atoms. The van der Waals surface area contributed by atoms with Crippen molar-refractivity contribution in [1.29, 1.82) is 0 Å². The van der Waals surface area contributed by atoms with Gasteiger partial charge in [0.05, 0.1) is 24.2 Å². The fourth-order valence-corrected chi connectivity index (χ4v) is 6.99. The van der Waals surface area contributed by atoms with E-state index in [0.29, 0.717) is 0 Å². The van der Waals surface area contributed by atoms with E-state index in [2.05, 4.69) is 34.2 Å². The minimum absolute atomic E-state index is 0.249. The molecule has 0 fully saturated rings. The van der Waals surface area contributed by atoms with Crippen LogP contribution in [0.1, 0.15) is 32.3 Å². The predicted molar refractivity (Wildman–Crippen MR) is 125 cm³/mol. The molecule has 0 aliphatic heterocycles. The number of nitrogens with two attached hydrogens (primary N) is 2. The molecule has 2 heterocycles. The molecule has 0 saturated heterocycles. The average molecular weight is 479 g/mol. The van der Waals surface area contributed by atoms with Crippen LogP contribution in [0.25, 0.3) is 0 Å². The number of carbonyl (C=O) groups is 2. The Balaban J connectivity index is 1.52. The van der Waals surface area contributed by atoms with Gasteiger partial charge in [0.15, 0.2) is 8.68 Å². The van der Waals surface area contributed by atoms with Gasteiger partial charge < -0.3 is 11.5 Å². The fourth-order valence-electron chi connectivity index (χ4n) is 2.59. The fraction of sp³-hybridized carbons (Fsp3) is 0.300. The van der Waals surface area contributed by atoms with Gasteiger partial charge in [0.1, 0.15) is 0 Å². The van der Waals surface area contributed by atoms with E-state index in [-0.39, 0.29) is 24.7 Å². The van der Waals surface area contributed by atoms with Gasteiger partial charge in [-0.2, -0.15) is 0 Å². The molecule has 158 valence electrons. The Labute approximate surface area is 191 Å². The molecule has 4 N–H and O–H groups in total. The van der Waals surface area contributed by atoms with Crippen molar-refractivity contribution >= 4 is 58.0 Å². The van der Waals surface area contributed by atoms with E-state index in [1.807, 2.05) is 13.8 Å². The molecule has 1 aromatic carbocycles. The second-order valence-corrected chi connectivity index (χ2v) is 11.3. The smallest absolute Gasteiger partial charge is 0.222 e. The highest BCUT2D eigenvalue weighted by molar-refractivity contribution is 8.00. The summed E-state index contributed by atoms with van der Waals surface area (Å²) in [6.07, 6.45) is 0.498. The first-order chi connectivity index (χ1) is 14.3. The summed E-state index contributed by atoms with van der Waals surface area (Å²) in [5.41, 5.74) is 14.8. The van der Waals surface area contributed by atoms with Crippen molar-refractivity contribution in [1.82, 2.24) is 9.97 Å². The molecule has 0 atom stereocenters. The summed E-state index contributed by atoms with van der Waals surface area (Å²) in [5, 5.41) is 0. The van der Waals surface area contributed by atoms with Crippen molar-refractivity contribution in [3.63, 3.8) is 0 Å². The van der Waals surface area contributed by atoms with E-state index < -0.39 is 0 Å². The summed E-state index contributed by atoms with van der Waals surface area (Å²) in [6.45, 7) is 3.82. The predicted octanol–water partition coefficient (Wildman–Crippen LogP) is 3.86. The number of carbonyl (C=O) groups excluding carboxylic acids is 2. The molecule has 0 bridgehead atoms. The van der Waals surface area contributed by atoms with Gasteiger partial charge in [0, 0.05) is 21.3 Å². The van der Waals surface area contributed by atoms with Crippen LogP contribution in [0.4, 0.5) is 0 Å². The zero-order valence-corrected chi connectivity index (χ0v) is 19.9. The van der Waals surface area contributed by atoms with Gasteiger partial charge in [0.25, 0.3) is 0 Å². The Morgan fingerprint density at radius 1 is 0.800 bits per heavy atom. The van der Waals surface area contributed by atoms with Crippen LogP contribution in [0.15, 0.2) is 32.9 Å². The zero-order valence-electron chi connectivity index (χ0n) is 16.6. The monoisotopic (exact) mass is 478 g/mol. The number of aromatic nitrogens is 2. The van der Waals surface area contributed by atoms with Crippen molar-refractivity contribution in [3.8, 4) is 0 Å². The molecular weight excluding hydrogens is 457 g/mol. The Kier molecular flexibility index (Phi) is 7.93. The quantitative estimate of drug-likeness (QED) is 0.428. The highest BCUT2D eigenvalue weighted by Gasteiger charge is 2.12. The number of benzene rings is 1. The van der Waals surface area contributed by atoms with Crippen molar-refractivity contribution in [2.24, 2.45) is 11.5 Å². The Hall–Kier alpha value is -1.88. The van der Waals surface area contributed by atoms with Gasteiger partial charge >= 0.3 is 0 Å². The molecule has 6 nitrogen and oxygen atoms in total. The lowest BCUT2D eigenvalue weighted by Gasteiger charge is -2.03. The normalized spacial score (nSPS) is 11.0. The van der Waals surface area contributed by atoms with E-state index in [1.54, 1.807) is 23.5 Å². The van der Waals surface area contributed by atoms with Crippen molar-refractivity contribution in [2.45, 2.75) is 46.9 Å². The maximum atomic E-state index is 11.1. The Morgan fingerprint density at radius 3 is 1.50 bits per heavy atom. The summed E-state index contributed by atoms with van der Waals surface area (Å²) in [7, 11) is 0. The molecule has 2 aromatic heterocycles. The van der Waals surface area contributed by atoms with Crippen LogP contribution in [-0.2, 0) is 33.9 Å². The number of thiazole rings is 2. The van der Waals surface area contributed by atoms with E-state index in [4.69, 9.17) is 11.5 Å². The third-order valence-electron chi connectivity index (χ3n) is 4.16. The van der Waals surface area contributed by atoms with Crippen LogP contribution < -0.4 is 11.5 Å². The largest absolute Gasteiger partial charge is 0.369 e. The van der Waals surface area contributed by atoms with E-state index in [0.717, 1.165) is 41.3 Å². The molecule has 2 amide bonds. The SMILES string of the molecule is Cc1nc(SCc2ccc(CSc3nc(C)c(CC(N)=O)s3)cc2)sc1CC(N)=O. The van der Waals surface area contributed by atoms with Gasteiger partial charge in [0.2, 0.25) is 11.8 Å². The maximum absolute atomic E-state index is 11.1. The lowest BCUT2D eigenvalue weighted by molar-refractivity contribution is -0.118. The number of thioether (sulfide) groups is 2. The number of primary amides is 2. The highest BCUT2D eigenvalue weighted by atomic mass is 32.2. The lowest BCUT2D eigenvalue weighted by Crippen LogP contribution is -2.13. The second kappa shape index (κ2) is 10.4. The van der Waals surface area contributed by atoms with Crippen molar-refractivity contribution in [3.05, 3.63) is 56.5 Å². The Morgan fingerprint density at radius 2 is 1.17 bits per heavy atom. The van der Waals surface area contributed by atoms with Crippen LogP contribution >= 0.6 is 46.2 Å². The van der Waals surface area contributed by atoms with E-state index in [9.17, 15) is 9.59 Å². The number of amides is 2. The van der Waals surface area contributed by atoms with Gasteiger partial charge in [-0.3, -0.25) is 9.59 Å². The molecule has 10 heteroatoms. The number of aryl methyl sites for hydroxylation is 2. The van der Waals surface area contributed by atoms with Crippen molar-refractivity contribution in [2.75, 3.05) is 0 Å². The van der Waals surface area contributed by atoms with Gasteiger partial charge in [-0.25, -0.2) is 9.97 Å². The topological polar surface area (TPSA) is 112 Å². The van der Waals surface area contributed by atoms with Gasteiger partial charge in [-0.15, -0.1) is 22.7 Å². The summed E-state index contributed by atoms with van der Waals surface area (Å²) in [5.74, 6) is 0.976. The Bertz CT molecular complexity index is 961.